The first-order valence-electron chi connectivity index (χ1n) is 5.85. The molecule has 0 aliphatic carbocycles. The SMILES string of the molecule is Fc1cc2c(c(-c3ccccc3)c1)OCCC2. The van der Waals surface area contributed by atoms with E-state index in [0.717, 1.165) is 41.9 Å². The quantitative estimate of drug-likeness (QED) is 0.721. The van der Waals surface area contributed by atoms with Gasteiger partial charge in [0.25, 0.3) is 0 Å². The normalized spacial score (nSPS) is 13.9. The number of hydrogen-bond acceptors (Lipinski definition) is 1. The van der Waals surface area contributed by atoms with E-state index in [9.17, 15) is 4.39 Å². The van der Waals surface area contributed by atoms with E-state index in [4.69, 9.17) is 4.74 Å². The van der Waals surface area contributed by atoms with Crippen LogP contribution in [0.2, 0.25) is 0 Å². The van der Waals surface area contributed by atoms with Crippen LogP contribution in [-0.2, 0) is 6.42 Å². The van der Waals surface area contributed by atoms with Gasteiger partial charge < -0.3 is 4.74 Å². The lowest BCUT2D eigenvalue weighted by atomic mass is 9.97. The highest BCUT2D eigenvalue weighted by Crippen LogP contribution is 2.36. The maximum Gasteiger partial charge on any atom is 0.130 e. The zero-order valence-electron chi connectivity index (χ0n) is 9.45. The Bertz CT molecular complexity index is 534. The molecule has 0 fully saturated rings. The lowest BCUT2D eigenvalue weighted by Gasteiger charge is -2.20. The van der Waals surface area contributed by atoms with Crippen molar-refractivity contribution in [2.45, 2.75) is 12.8 Å². The molecule has 0 aromatic heterocycles. The third kappa shape index (κ3) is 1.91. The summed E-state index contributed by atoms with van der Waals surface area (Å²) >= 11 is 0. The Balaban J connectivity index is 2.19. The van der Waals surface area contributed by atoms with Crippen LogP contribution in [0.5, 0.6) is 5.75 Å². The van der Waals surface area contributed by atoms with Crippen LogP contribution in [0.4, 0.5) is 4.39 Å². The van der Waals surface area contributed by atoms with Gasteiger partial charge in [-0.05, 0) is 36.1 Å². The predicted molar refractivity (Wildman–Crippen MR) is 65.7 cm³/mol. The van der Waals surface area contributed by atoms with E-state index in [2.05, 4.69) is 0 Å². The minimum Gasteiger partial charge on any atom is -0.493 e. The van der Waals surface area contributed by atoms with Crippen molar-refractivity contribution in [3.63, 3.8) is 0 Å². The number of fused-ring (bicyclic) bond motifs is 1. The summed E-state index contributed by atoms with van der Waals surface area (Å²) in [7, 11) is 0. The van der Waals surface area contributed by atoms with Gasteiger partial charge >= 0.3 is 0 Å². The third-order valence-corrected chi connectivity index (χ3v) is 3.05. The fraction of sp³-hybridized carbons (Fsp3) is 0.200. The van der Waals surface area contributed by atoms with Crippen LogP contribution in [0.25, 0.3) is 11.1 Å². The highest BCUT2D eigenvalue weighted by atomic mass is 19.1. The Morgan fingerprint density at radius 1 is 1.06 bits per heavy atom. The fourth-order valence-electron chi connectivity index (χ4n) is 2.28. The summed E-state index contributed by atoms with van der Waals surface area (Å²) in [5, 5.41) is 0. The Kier molecular flexibility index (Phi) is 2.56. The molecule has 1 aliphatic rings. The maximum absolute atomic E-state index is 13.6. The first-order valence-corrected chi connectivity index (χ1v) is 5.85. The van der Waals surface area contributed by atoms with Gasteiger partial charge in [0.2, 0.25) is 0 Å². The second kappa shape index (κ2) is 4.21. The van der Waals surface area contributed by atoms with Crippen molar-refractivity contribution in [3.8, 4) is 16.9 Å². The summed E-state index contributed by atoms with van der Waals surface area (Å²) in [6, 6.07) is 13.0. The van der Waals surface area contributed by atoms with Crippen molar-refractivity contribution in [1.29, 1.82) is 0 Å². The highest BCUT2D eigenvalue weighted by Gasteiger charge is 2.17. The minimum absolute atomic E-state index is 0.187. The van der Waals surface area contributed by atoms with Crippen LogP contribution < -0.4 is 4.74 Å². The molecular formula is C15H13FO. The Morgan fingerprint density at radius 2 is 1.88 bits per heavy atom. The number of hydrogen-bond donors (Lipinski definition) is 0. The predicted octanol–water partition coefficient (Wildman–Crippen LogP) is 3.82. The molecule has 3 rings (SSSR count). The standard InChI is InChI=1S/C15H13FO/c16-13-9-12-7-4-8-17-15(12)14(10-13)11-5-2-1-3-6-11/h1-3,5-6,9-10H,4,7-8H2. The number of benzene rings is 2. The molecule has 2 heteroatoms. The van der Waals surface area contributed by atoms with Gasteiger partial charge in [-0.25, -0.2) is 4.39 Å². The molecule has 86 valence electrons. The monoisotopic (exact) mass is 228 g/mol. The maximum atomic E-state index is 13.6. The molecule has 0 unspecified atom stereocenters. The van der Waals surface area contributed by atoms with E-state index in [1.54, 1.807) is 12.1 Å². The zero-order chi connectivity index (χ0) is 11.7. The molecule has 1 heterocycles. The fourth-order valence-corrected chi connectivity index (χ4v) is 2.28. The summed E-state index contributed by atoms with van der Waals surface area (Å²) in [5.41, 5.74) is 2.85. The summed E-state index contributed by atoms with van der Waals surface area (Å²) in [6.45, 7) is 0.721. The second-order valence-corrected chi connectivity index (χ2v) is 4.26. The smallest absolute Gasteiger partial charge is 0.130 e. The lowest BCUT2D eigenvalue weighted by molar-refractivity contribution is 0.289. The van der Waals surface area contributed by atoms with Crippen molar-refractivity contribution in [1.82, 2.24) is 0 Å². The highest BCUT2D eigenvalue weighted by molar-refractivity contribution is 5.72. The first kappa shape index (κ1) is 10.3. The molecule has 2 aromatic rings. The number of aryl methyl sites for hydroxylation is 1. The molecular weight excluding hydrogens is 215 g/mol. The molecule has 0 saturated heterocycles. The van der Waals surface area contributed by atoms with Crippen molar-refractivity contribution < 1.29 is 9.13 Å². The van der Waals surface area contributed by atoms with E-state index in [1.807, 2.05) is 30.3 Å². The van der Waals surface area contributed by atoms with Gasteiger partial charge in [0.05, 0.1) is 6.61 Å². The summed E-state index contributed by atoms with van der Waals surface area (Å²) in [5.74, 6) is 0.664. The lowest BCUT2D eigenvalue weighted by Crippen LogP contribution is -2.09. The van der Waals surface area contributed by atoms with Gasteiger partial charge in [-0.3, -0.25) is 0 Å². The summed E-state index contributed by atoms with van der Waals surface area (Å²) < 4.78 is 19.3. The molecule has 0 saturated carbocycles. The van der Waals surface area contributed by atoms with E-state index < -0.39 is 0 Å². The molecule has 0 amide bonds. The van der Waals surface area contributed by atoms with E-state index in [1.165, 1.54) is 0 Å². The molecule has 1 aliphatic heterocycles. The molecule has 2 aromatic carbocycles. The van der Waals surface area contributed by atoms with E-state index >= 15 is 0 Å². The van der Waals surface area contributed by atoms with Crippen molar-refractivity contribution in [3.05, 3.63) is 53.8 Å². The molecule has 0 atom stereocenters. The molecule has 1 nitrogen and oxygen atoms in total. The van der Waals surface area contributed by atoms with Gasteiger partial charge in [0, 0.05) is 5.56 Å². The Morgan fingerprint density at radius 3 is 2.71 bits per heavy atom. The topological polar surface area (TPSA) is 9.23 Å². The summed E-state index contributed by atoms with van der Waals surface area (Å²) in [6.07, 6.45) is 1.86. The number of ether oxygens (including phenoxy) is 1. The average molecular weight is 228 g/mol. The van der Waals surface area contributed by atoms with Gasteiger partial charge in [-0.15, -0.1) is 0 Å². The van der Waals surface area contributed by atoms with Gasteiger partial charge in [-0.2, -0.15) is 0 Å². The van der Waals surface area contributed by atoms with Gasteiger partial charge in [0.15, 0.2) is 0 Å². The largest absolute Gasteiger partial charge is 0.493 e. The van der Waals surface area contributed by atoms with Crippen LogP contribution in [0.3, 0.4) is 0 Å². The Hall–Kier alpha value is -1.83. The Labute approximate surface area is 99.9 Å². The van der Waals surface area contributed by atoms with Crippen LogP contribution in [0, 0.1) is 5.82 Å². The molecule has 0 radical (unpaired) electrons. The van der Waals surface area contributed by atoms with Crippen molar-refractivity contribution in [2.75, 3.05) is 6.61 Å². The molecule has 0 spiro atoms. The van der Waals surface area contributed by atoms with Crippen LogP contribution in [0.1, 0.15) is 12.0 Å². The molecule has 0 N–H and O–H groups in total. The molecule has 0 bridgehead atoms. The van der Waals surface area contributed by atoms with Crippen molar-refractivity contribution in [2.24, 2.45) is 0 Å². The number of rotatable bonds is 1. The van der Waals surface area contributed by atoms with Crippen LogP contribution in [0.15, 0.2) is 42.5 Å². The van der Waals surface area contributed by atoms with Gasteiger partial charge in [0.1, 0.15) is 11.6 Å². The average Bonchev–Trinajstić information content (AvgIpc) is 2.39. The van der Waals surface area contributed by atoms with Crippen LogP contribution in [-0.4, -0.2) is 6.61 Å². The second-order valence-electron chi connectivity index (χ2n) is 4.26. The third-order valence-electron chi connectivity index (χ3n) is 3.05. The van der Waals surface area contributed by atoms with E-state index in [-0.39, 0.29) is 5.82 Å². The first-order chi connectivity index (χ1) is 8.34. The molecule has 17 heavy (non-hydrogen) atoms. The zero-order valence-corrected chi connectivity index (χ0v) is 9.45. The van der Waals surface area contributed by atoms with Crippen LogP contribution >= 0.6 is 0 Å². The minimum atomic E-state index is -0.187. The number of halogens is 1. The summed E-state index contributed by atoms with van der Waals surface area (Å²) in [4.78, 5) is 0. The van der Waals surface area contributed by atoms with Crippen molar-refractivity contribution >= 4 is 0 Å². The van der Waals surface area contributed by atoms with E-state index in [0.29, 0.717) is 0 Å². The van der Waals surface area contributed by atoms with Gasteiger partial charge in [-0.1, -0.05) is 30.3 Å².